The van der Waals surface area contributed by atoms with Gasteiger partial charge in [0.25, 0.3) is 12.3 Å². The summed E-state index contributed by atoms with van der Waals surface area (Å²) in [7, 11) is 0. The van der Waals surface area contributed by atoms with Gasteiger partial charge in [0.15, 0.2) is 5.82 Å². The highest BCUT2D eigenvalue weighted by Gasteiger charge is 2.16. The lowest BCUT2D eigenvalue weighted by molar-refractivity contribution is 0.102. The molecule has 0 saturated heterocycles. The van der Waals surface area contributed by atoms with Gasteiger partial charge >= 0.3 is 0 Å². The SMILES string of the molecule is O=C(Nc1ccnn1Cc1cccc(Cl)c1Cl)c1ccc2nc(C(F)F)[nH]c2c1. The number of hydrogen-bond acceptors (Lipinski definition) is 3. The lowest BCUT2D eigenvalue weighted by Gasteiger charge is -2.11. The Kier molecular flexibility index (Phi) is 5.21. The quantitative estimate of drug-likeness (QED) is 0.446. The smallest absolute Gasteiger partial charge is 0.295 e. The first-order valence-electron chi connectivity index (χ1n) is 8.46. The summed E-state index contributed by atoms with van der Waals surface area (Å²) in [5.74, 6) is -0.405. The monoisotopic (exact) mass is 435 g/mol. The summed E-state index contributed by atoms with van der Waals surface area (Å²) in [6.45, 7) is 0.305. The summed E-state index contributed by atoms with van der Waals surface area (Å²) in [4.78, 5) is 18.9. The van der Waals surface area contributed by atoms with Crippen molar-refractivity contribution in [3.63, 3.8) is 0 Å². The van der Waals surface area contributed by atoms with E-state index in [0.717, 1.165) is 5.56 Å². The van der Waals surface area contributed by atoms with E-state index in [1.165, 1.54) is 18.2 Å². The summed E-state index contributed by atoms with van der Waals surface area (Å²) in [6.07, 6.45) is -1.17. The molecule has 2 aromatic heterocycles. The molecule has 148 valence electrons. The topological polar surface area (TPSA) is 75.6 Å². The molecule has 6 nitrogen and oxygen atoms in total. The van der Waals surface area contributed by atoms with Crippen molar-refractivity contribution < 1.29 is 13.6 Å². The van der Waals surface area contributed by atoms with E-state index >= 15 is 0 Å². The van der Waals surface area contributed by atoms with Crippen molar-refractivity contribution in [2.45, 2.75) is 13.0 Å². The Labute approximate surface area is 173 Å². The number of fused-ring (bicyclic) bond motifs is 1. The number of H-pyrrole nitrogens is 1. The minimum atomic E-state index is -2.72. The van der Waals surface area contributed by atoms with Crippen LogP contribution in [0.25, 0.3) is 11.0 Å². The van der Waals surface area contributed by atoms with Crippen molar-refractivity contribution in [1.29, 1.82) is 0 Å². The molecule has 2 heterocycles. The molecule has 0 spiro atoms. The van der Waals surface area contributed by atoms with Gasteiger partial charge in [-0.1, -0.05) is 35.3 Å². The zero-order valence-electron chi connectivity index (χ0n) is 14.7. The van der Waals surface area contributed by atoms with Crippen LogP contribution in [0.2, 0.25) is 10.0 Å². The van der Waals surface area contributed by atoms with Gasteiger partial charge < -0.3 is 10.3 Å². The molecule has 0 aliphatic rings. The minimum absolute atomic E-state index is 0.288. The van der Waals surface area contributed by atoms with E-state index in [4.69, 9.17) is 23.2 Å². The highest BCUT2D eigenvalue weighted by atomic mass is 35.5. The maximum absolute atomic E-state index is 12.8. The van der Waals surface area contributed by atoms with Gasteiger partial charge in [-0.15, -0.1) is 0 Å². The van der Waals surface area contributed by atoms with Crippen LogP contribution in [0.3, 0.4) is 0 Å². The molecule has 0 atom stereocenters. The maximum Gasteiger partial charge on any atom is 0.295 e. The molecule has 4 aromatic rings. The van der Waals surface area contributed by atoms with Crippen LogP contribution in [0, 0.1) is 0 Å². The molecule has 0 radical (unpaired) electrons. The number of halogens is 4. The number of nitrogens with one attached hydrogen (secondary N) is 2. The van der Waals surface area contributed by atoms with E-state index in [-0.39, 0.29) is 5.56 Å². The average molecular weight is 436 g/mol. The zero-order chi connectivity index (χ0) is 20.5. The summed E-state index contributed by atoms with van der Waals surface area (Å²) >= 11 is 12.3. The molecule has 0 fully saturated rings. The Hall–Kier alpha value is -2.97. The Bertz CT molecular complexity index is 1200. The molecule has 2 N–H and O–H groups in total. The van der Waals surface area contributed by atoms with Gasteiger partial charge in [0.05, 0.1) is 33.8 Å². The number of amides is 1. The fraction of sp³-hybridized carbons (Fsp3) is 0.105. The third kappa shape index (κ3) is 3.94. The van der Waals surface area contributed by atoms with Crippen LogP contribution in [0.15, 0.2) is 48.7 Å². The van der Waals surface area contributed by atoms with Crippen LogP contribution in [0.1, 0.15) is 28.2 Å². The number of carbonyl (C=O) groups is 1. The second-order valence-corrected chi connectivity index (χ2v) is 6.98. The van der Waals surface area contributed by atoms with Crippen molar-refractivity contribution in [1.82, 2.24) is 19.7 Å². The second kappa shape index (κ2) is 7.81. The first-order chi connectivity index (χ1) is 13.9. The molecule has 10 heteroatoms. The van der Waals surface area contributed by atoms with Gasteiger partial charge in [0.2, 0.25) is 0 Å². The number of aromatic amines is 1. The number of rotatable bonds is 5. The van der Waals surface area contributed by atoms with Crippen LogP contribution >= 0.6 is 23.2 Å². The van der Waals surface area contributed by atoms with Crippen LogP contribution in [0.5, 0.6) is 0 Å². The fourth-order valence-corrected chi connectivity index (χ4v) is 3.24. The van der Waals surface area contributed by atoms with Crippen LogP contribution in [-0.4, -0.2) is 25.7 Å². The molecule has 4 rings (SSSR count). The number of alkyl halides is 2. The van der Waals surface area contributed by atoms with Crippen LogP contribution < -0.4 is 5.32 Å². The van der Waals surface area contributed by atoms with Crippen molar-refractivity contribution in [2.75, 3.05) is 5.32 Å². The van der Waals surface area contributed by atoms with E-state index in [0.29, 0.717) is 33.4 Å². The van der Waals surface area contributed by atoms with Gasteiger partial charge in [-0.25, -0.2) is 18.4 Å². The number of hydrogen-bond donors (Lipinski definition) is 2. The molecule has 1 amide bonds. The van der Waals surface area contributed by atoms with Gasteiger partial charge in [-0.3, -0.25) is 4.79 Å². The van der Waals surface area contributed by atoms with Crippen LogP contribution in [-0.2, 0) is 6.54 Å². The standard InChI is InChI=1S/C19H13Cl2F2N5O/c20-12-3-1-2-11(16(12)21)9-28-15(6-7-24-28)27-19(29)10-4-5-13-14(8-10)26-18(25-13)17(22)23/h1-8,17H,9H2,(H,25,26)(H,27,29). The summed E-state index contributed by atoms with van der Waals surface area (Å²) in [5.41, 5.74) is 1.75. The van der Waals surface area contributed by atoms with E-state index in [9.17, 15) is 13.6 Å². The van der Waals surface area contributed by atoms with Gasteiger partial charge in [-0.2, -0.15) is 5.10 Å². The lowest BCUT2D eigenvalue weighted by atomic mass is 10.2. The van der Waals surface area contributed by atoms with E-state index in [1.54, 1.807) is 29.1 Å². The zero-order valence-corrected chi connectivity index (χ0v) is 16.2. The number of carbonyl (C=O) groups excluding carboxylic acids is 1. The minimum Gasteiger partial charge on any atom is -0.337 e. The number of aromatic nitrogens is 4. The predicted octanol–water partition coefficient (Wildman–Crippen LogP) is 5.30. The summed E-state index contributed by atoms with van der Waals surface area (Å²) in [6, 6.07) is 11.4. The van der Waals surface area contributed by atoms with E-state index in [1.807, 2.05) is 6.07 Å². The van der Waals surface area contributed by atoms with E-state index < -0.39 is 18.2 Å². The molecule has 0 saturated carbocycles. The van der Waals surface area contributed by atoms with Gasteiger partial charge in [-0.05, 0) is 29.8 Å². The third-order valence-electron chi connectivity index (χ3n) is 4.28. The van der Waals surface area contributed by atoms with Crippen molar-refractivity contribution in [3.8, 4) is 0 Å². The molecule has 0 unspecified atom stereocenters. The first kappa shape index (κ1) is 19.4. The lowest BCUT2D eigenvalue weighted by Crippen LogP contribution is -2.16. The van der Waals surface area contributed by atoms with E-state index in [2.05, 4.69) is 20.4 Å². The molecular weight excluding hydrogens is 423 g/mol. The first-order valence-corrected chi connectivity index (χ1v) is 9.22. The molecule has 2 aromatic carbocycles. The van der Waals surface area contributed by atoms with Gasteiger partial charge in [0, 0.05) is 11.6 Å². The second-order valence-electron chi connectivity index (χ2n) is 6.20. The molecule has 0 aliphatic carbocycles. The number of benzene rings is 2. The summed E-state index contributed by atoms with van der Waals surface area (Å²) < 4.78 is 27.2. The largest absolute Gasteiger partial charge is 0.337 e. The van der Waals surface area contributed by atoms with Crippen molar-refractivity contribution in [3.05, 3.63) is 75.7 Å². The van der Waals surface area contributed by atoms with Gasteiger partial charge in [0.1, 0.15) is 5.82 Å². The molecular formula is C19H13Cl2F2N5O. The van der Waals surface area contributed by atoms with Crippen LogP contribution in [0.4, 0.5) is 14.6 Å². The Morgan fingerprint density at radius 1 is 1.21 bits per heavy atom. The number of imidazole rings is 1. The molecule has 29 heavy (non-hydrogen) atoms. The van der Waals surface area contributed by atoms with Crippen molar-refractivity contribution in [2.24, 2.45) is 0 Å². The average Bonchev–Trinajstić information content (AvgIpc) is 3.31. The van der Waals surface area contributed by atoms with Crippen molar-refractivity contribution >= 4 is 46.0 Å². The molecule has 0 bridgehead atoms. The number of nitrogens with zero attached hydrogens (tertiary/aromatic N) is 3. The summed E-state index contributed by atoms with van der Waals surface area (Å²) in [5, 5.41) is 7.81. The predicted molar refractivity (Wildman–Crippen MR) is 107 cm³/mol. The maximum atomic E-state index is 12.8. The highest BCUT2D eigenvalue weighted by Crippen LogP contribution is 2.27. The Morgan fingerprint density at radius 2 is 2.03 bits per heavy atom. The fourth-order valence-electron chi connectivity index (χ4n) is 2.86. The normalized spacial score (nSPS) is 11.3. The Morgan fingerprint density at radius 3 is 2.83 bits per heavy atom. The highest BCUT2D eigenvalue weighted by molar-refractivity contribution is 6.42. The Balaban J connectivity index is 1.55. The third-order valence-corrected chi connectivity index (χ3v) is 5.14. The molecule has 0 aliphatic heterocycles. The number of anilines is 1.